The Labute approximate surface area is 89.6 Å². The van der Waals surface area contributed by atoms with E-state index in [0.29, 0.717) is 5.82 Å². The molecule has 0 aromatic carbocycles. The molecule has 1 aromatic rings. The van der Waals surface area contributed by atoms with Gasteiger partial charge >= 0.3 is 5.97 Å². The normalized spacial score (nSPS) is 20.3. The van der Waals surface area contributed by atoms with Gasteiger partial charge in [0.15, 0.2) is 6.04 Å². The first-order valence-corrected chi connectivity index (χ1v) is 5.05. The van der Waals surface area contributed by atoms with Crippen LogP contribution < -0.4 is 5.32 Å². The van der Waals surface area contributed by atoms with E-state index in [0.717, 1.165) is 17.7 Å². The van der Waals surface area contributed by atoms with Crippen LogP contribution in [0.1, 0.15) is 11.9 Å². The van der Waals surface area contributed by atoms with Crippen LogP contribution in [0.4, 0.5) is 0 Å². The Bertz CT molecular complexity index is 363. The number of ether oxygens (including phenoxy) is 1. The third-order valence-electron chi connectivity index (χ3n) is 2.22. The summed E-state index contributed by atoms with van der Waals surface area (Å²) in [7, 11) is 1.38. The predicted molar refractivity (Wildman–Crippen MR) is 52.7 cm³/mol. The minimum atomic E-state index is -0.444. The zero-order valence-electron chi connectivity index (χ0n) is 7.66. The summed E-state index contributed by atoms with van der Waals surface area (Å²) >= 11 is 3.37. The van der Waals surface area contributed by atoms with Crippen LogP contribution in [0.3, 0.4) is 0 Å². The molecule has 5 nitrogen and oxygen atoms in total. The van der Waals surface area contributed by atoms with E-state index in [1.807, 2.05) is 4.57 Å². The number of nitrogens with zero attached hydrogens (tertiary/aromatic N) is 2. The van der Waals surface area contributed by atoms with Gasteiger partial charge in [0, 0.05) is 13.1 Å². The van der Waals surface area contributed by atoms with Gasteiger partial charge in [-0.2, -0.15) is 0 Å². The largest absolute Gasteiger partial charge is 0.468 e. The van der Waals surface area contributed by atoms with E-state index < -0.39 is 6.04 Å². The predicted octanol–water partition coefficient (Wildman–Crippen LogP) is 0.463. The molecule has 0 fully saturated rings. The van der Waals surface area contributed by atoms with Crippen LogP contribution in [0.25, 0.3) is 0 Å². The molecule has 1 N–H and O–H groups in total. The first-order valence-electron chi connectivity index (χ1n) is 4.26. The van der Waals surface area contributed by atoms with Crippen LogP contribution in [0.15, 0.2) is 10.8 Å². The fourth-order valence-electron chi connectivity index (χ4n) is 1.54. The molecule has 0 radical (unpaired) electrons. The number of carbonyl (C=O) groups excluding carboxylic acids is 1. The summed E-state index contributed by atoms with van der Waals surface area (Å²) in [6, 6.07) is -0.444. The number of aromatic nitrogens is 2. The molecule has 0 spiro atoms. The van der Waals surface area contributed by atoms with E-state index in [-0.39, 0.29) is 5.97 Å². The molecule has 0 saturated carbocycles. The molecule has 0 bridgehead atoms. The smallest absolute Gasteiger partial charge is 0.330 e. The Morgan fingerprint density at radius 3 is 3.36 bits per heavy atom. The third-order valence-corrected chi connectivity index (χ3v) is 2.85. The van der Waals surface area contributed by atoms with Crippen LogP contribution in [0, 0.1) is 0 Å². The second kappa shape index (κ2) is 3.70. The van der Waals surface area contributed by atoms with Crippen molar-refractivity contribution < 1.29 is 9.53 Å². The lowest BCUT2D eigenvalue weighted by Crippen LogP contribution is -2.38. The molecule has 6 heteroatoms. The maximum Gasteiger partial charge on any atom is 0.330 e. The van der Waals surface area contributed by atoms with Crippen LogP contribution >= 0.6 is 15.9 Å². The summed E-state index contributed by atoms with van der Waals surface area (Å²) in [5.41, 5.74) is 0. The zero-order valence-corrected chi connectivity index (χ0v) is 9.24. The first kappa shape index (κ1) is 9.67. The average molecular weight is 260 g/mol. The fourth-order valence-corrected chi connectivity index (χ4v) is 2.00. The van der Waals surface area contributed by atoms with Crippen molar-refractivity contribution in [3.63, 3.8) is 0 Å². The van der Waals surface area contributed by atoms with Crippen LogP contribution in [-0.4, -0.2) is 29.2 Å². The molecule has 1 aromatic heterocycles. The Morgan fingerprint density at radius 1 is 1.86 bits per heavy atom. The molecular weight excluding hydrogens is 250 g/mol. The van der Waals surface area contributed by atoms with Gasteiger partial charge in [-0.25, -0.2) is 9.78 Å². The minimum absolute atomic E-state index is 0.302. The van der Waals surface area contributed by atoms with Gasteiger partial charge in [-0.15, -0.1) is 0 Å². The van der Waals surface area contributed by atoms with Crippen molar-refractivity contribution >= 4 is 21.9 Å². The third kappa shape index (κ3) is 1.44. The van der Waals surface area contributed by atoms with Crippen molar-refractivity contribution in [2.45, 2.75) is 12.6 Å². The number of carbonyl (C=O) groups is 1. The van der Waals surface area contributed by atoms with Gasteiger partial charge in [0.1, 0.15) is 10.4 Å². The highest BCUT2D eigenvalue weighted by Gasteiger charge is 2.29. The monoisotopic (exact) mass is 259 g/mol. The van der Waals surface area contributed by atoms with Crippen molar-refractivity contribution in [2.24, 2.45) is 0 Å². The first-order chi connectivity index (χ1) is 6.74. The lowest BCUT2D eigenvalue weighted by Gasteiger charge is -2.23. The number of nitrogens with one attached hydrogen (secondary N) is 1. The lowest BCUT2D eigenvalue weighted by molar-refractivity contribution is -0.143. The summed E-state index contributed by atoms with van der Waals surface area (Å²) in [6.07, 6.45) is 1.69. The molecule has 2 rings (SSSR count). The number of methoxy groups -OCH3 is 1. The molecule has 76 valence electrons. The number of hydrogen-bond donors (Lipinski definition) is 1. The summed E-state index contributed by atoms with van der Waals surface area (Å²) in [5.74, 6) is 0.402. The Kier molecular flexibility index (Phi) is 2.56. The second-order valence-electron chi connectivity index (χ2n) is 3.00. The van der Waals surface area contributed by atoms with Crippen LogP contribution in [-0.2, 0) is 16.1 Å². The standard InChI is InChI=1S/C8H10BrN3O2/c1-14-8(13)6-7-11-4-5(9)12(7)3-2-10-6/h4,6,10H,2-3H2,1H3. The second-order valence-corrected chi connectivity index (χ2v) is 3.81. The molecule has 0 saturated heterocycles. The maximum absolute atomic E-state index is 11.4. The van der Waals surface area contributed by atoms with Gasteiger partial charge in [0.2, 0.25) is 0 Å². The zero-order chi connectivity index (χ0) is 10.1. The topological polar surface area (TPSA) is 56.1 Å². The van der Waals surface area contributed by atoms with Crippen molar-refractivity contribution in [3.05, 3.63) is 16.6 Å². The molecule has 2 heterocycles. The van der Waals surface area contributed by atoms with E-state index in [2.05, 4.69) is 31.0 Å². The van der Waals surface area contributed by atoms with Crippen molar-refractivity contribution in [3.8, 4) is 0 Å². The van der Waals surface area contributed by atoms with Gasteiger partial charge in [-0.1, -0.05) is 0 Å². The quantitative estimate of drug-likeness (QED) is 0.745. The lowest BCUT2D eigenvalue weighted by atomic mass is 10.2. The van der Waals surface area contributed by atoms with Gasteiger partial charge in [0.05, 0.1) is 13.3 Å². The van der Waals surface area contributed by atoms with E-state index >= 15 is 0 Å². The van der Waals surface area contributed by atoms with Gasteiger partial charge in [-0.05, 0) is 15.9 Å². The van der Waals surface area contributed by atoms with Crippen molar-refractivity contribution in [1.82, 2.24) is 14.9 Å². The number of hydrogen-bond acceptors (Lipinski definition) is 4. The summed E-state index contributed by atoms with van der Waals surface area (Å²) < 4.78 is 7.53. The highest BCUT2D eigenvalue weighted by molar-refractivity contribution is 9.10. The van der Waals surface area contributed by atoms with E-state index in [4.69, 9.17) is 0 Å². The van der Waals surface area contributed by atoms with E-state index in [9.17, 15) is 4.79 Å². The highest BCUT2D eigenvalue weighted by atomic mass is 79.9. The Balaban J connectivity index is 2.36. The number of imidazole rings is 1. The van der Waals surface area contributed by atoms with Crippen LogP contribution in [0.2, 0.25) is 0 Å². The Morgan fingerprint density at radius 2 is 2.64 bits per heavy atom. The molecular formula is C8H10BrN3O2. The van der Waals surface area contributed by atoms with Gasteiger partial charge in [0.25, 0.3) is 0 Å². The minimum Gasteiger partial charge on any atom is -0.468 e. The molecule has 0 aliphatic carbocycles. The van der Waals surface area contributed by atoms with Crippen molar-refractivity contribution in [2.75, 3.05) is 13.7 Å². The van der Waals surface area contributed by atoms with Crippen LogP contribution in [0.5, 0.6) is 0 Å². The molecule has 1 atom stereocenters. The SMILES string of the molecule is COC(=O)C1NCCn2c(Br)cnc21. The summed E-state index contributed by atoms with van der Waals surface area (Å²) in [5, 5.41) is 3.06. The molecule has 0 amide bonds. The average Bonchev–Trinajstić information content (AvgIpc) is 2.59. The van der Waals surface area contributed by atoms with Crippen molar-refractivity contribution in [1.29, 1.82) is 0 Å². The van der Waals surface area contributed by atoms with Gasteiger partial charge < -0.3 is 9.30 Å². The van der Waals surface area contributed by atoms with E-state index in [1.165, 1.54) is 7.11 Å². The molecule has 1 unspecified atom stereocenters. The summed E-state index contributed by atoms with van der Waals surface area (Å²) in [6.45, 7) is 1.55. The Hall–Kier alpha value is -0.880. The fraction of sp³-hybridized carbons (Fsp3) is 0.500. The molecule has 14 heavy (non-hydrogen) atoms. The maximum atomic E-state index is 11.4. The number of esters is 1. The molecule has 1 aliphatic rings. The number of fused-ring (bicyclic) bond motifs is 1. The summed E-state index contributed by atoms with van der Waals surface area (Å²) in [4.78, 5) is 15.5. The highest BCUT2D eigenvalue weighted by Crippen LogP contribution is 2.21. The number of rotatable bonds is 1. The van der Waals surface area contributed by atoms with Gasteiger partial charge in [-0.3, -0.25) is 5.32 Å². The number of halogens is 1. The van der Waals surface area contributed by atoms with E-state index in [1.54, 1.807) is 6.20 Å². The molecule has 1 aliphatic heterocycles.